The van der Waals surface area contributed by atoms with E-state index >= 15 is 0 Å². The summed E-state index contributed by atoms with van der Waals surface area (Å²) in [5, 5.41) is 0.995. The molecule has 2 N–H and O–H groups in total. The Morgan fingerprint density at radius 1 is 1.42 bits per heavy atom. The van der Waals surface area contributed by atoms with Crippen molar-refractivity contribution >= 4 is 37.8 Å². The molecule has 3 aromatic rings. The van der Waals surface area contributed by atoms with Crippen molar-refractivity contribution in [1.82, 2.24) is 24.2 Å². The number of imidazole rings is 1. The molecule has 26 heavy (non-hydrogen) atoms. The number of hydrogen-bond acceptors (Lipinski definition) is 5. The van der Waals surface area contributed by atoms with Gasteiger partial charge in [-0.2, -0.15) is 0 Å². The highest BCUT2D eigenvalue weighted by atomic mass is 32.2. The van der Waals surface area contributed by atoms with E-state index in [1.54, 1.807) is 19.6 Å². The largest absolute Gasteiger partial charge is 0.385 e. The Kier molecular flexibility index (Phi) is 4.09. The Balaban J connectivity index is 1.60. The predicted molar refractivity (Wildman–Crippen MR) is 100 cm³/mol. The van der Waals surface area contributed by atoms with Crippen molar-refractivity contribution in [1.29, 1.82) is 0 Å². The highest BCUT2D eigenvalue weighted by Gasteiger charge is 2.37. The summed E-state index contributed by atoms with van der Waals surface area (Å²) in [6, 6.07) is 1.97. The van der Waals surface area contributed by atoms with Crippen LogP contribution in [0.25, 0.3) is 27.8 Å². The second-order valence-electron chi connectivity index (χ2n) is 6.84. The van der Waals surface area contributed by atoms with E-state index < -0.39 is 15.6 Å². The Labute approximate surface area is 151 Å². The maximum atomic E-state index is 12.2. The molecular formula is C17H21N5O3S. The van der Waals surface area contributed by atoms with E-state index in [1.165, 1.54) is 0 Å². The summed E-state index contributed by atoms with van der Waals surface area (Å²) in [5.41, 5.74) is 3.03. The number of sulfonamides is 1. The van der Waals surface area contributed by atoms with E-state index in [4.69, 9.17) is 4.74 Å². The summed E-state index contributed by atoms with van der Waals surface area (Å²) < 4.78 is 34.2. The number of H-pyrrole nitrogens is 1. The number of methoxy groups -OCH3 is 1. The standard InChI is InChI=1S/C17H21N5O3S/c1-17(21-26(23,24)7-3-6-25-2)8-12(9-17)22-11-20-14-10-19-16-13(15(14)22)4-5-18-16/h4-5,8,10-11,21H,3,6-7,9H2,1-2H3,(H,18,19). The van der Waals surface area contributed by atoms with Crippen molar-refractivity contribution in [3.8, 4) is 0 Å². The van der Waals surface area contributed by atoms with Crippen LogP contribution in [-0.2, 0) is 14.8 Å². The molecule has 0 spiro atoms. The van der Waals surface area contributed by atoms with Crippen LogP contribution in [0, 0.1) is 0 Å². The first-order chi connectivity index (χ1) is 12.4. The van der Waals surface area contributed by atoms with Crippen LogP contribution in [0.1, 0.15) is 19.8 Å². The fraction of sp³-hybridized carbons (Fsp3) is 0.412. The zero-order valence-corrected chi connectivity index (χ0v) is 15.5. The third-order valence-corrected chi connectivity index (χ3v) is 6.19. The number of rotatable bonds is 7. The van der Waals surface area contributed by atoms with Gasteiger partial charge in [-0.1, -0.05) is 0 Å². The Bertz CT molecular complexity index is 1100. The molecule has 1 aliphatic carbocycles. The third-order valence-electron chi connectivity index (χ3n) is 4.59. The Morgan fingerprint density at radius 3 is 3.00 bits per heavy atom. The van der Waals surface area contributed by atoms with Crippen LogP contribution < -0.4 is 4.72 Å². The molecule has 0 aliphatic heterocycles. The van der Waals surface area contributed by atoms with E-state index in [-0.39, 0.29) is 5.75 Å². The molecule has 0 radical (unpaired) electrons. The van der Waals surface area contributed by atoms with Gasteiger partial charge < -0.3 is 14.3 Å². The molecule has 4 rings (SSSR count). The van der Waals surface area contributed by atoms with Gasteiger partial charge in [-0.25, -0.2) is 23.1 Å². The van der Waals surface area contributed by atoms with Gasteiger partial charge in [0.1, 0.15) is 17.5 Å². The average Bonchev–Trinajstić information content (AvgIpc) is 3.18. The molecule has 0 amide bonds. The molecule has 3 heterocycles. The summed E-state index contributed by atoms with van der Waals surface area (Å²) in [5.74, 6) is 0.0588. The molecule has 8 nitrogen and oxygen atoms in total. The van der Waals surface area contributed by atoms with Crippen LogP contribution in [0.4, 0.5) is 0 Å². The molecule has 0 saturated heterocycles. The van der Waals surface area contributed by atoms with Gasteiger partial charge in [0.25, 0.3) is 0 Å². The monoisotopic (exact) mass is 375 g/mol. The quantitative estimate of drug-likeness (QED) is 0.614. The molecule has 9 heteroatoms. The van der Waals surface area contributed by atoms with Gasteiger partial charge in [0, 0.05) is 37.4 Å². The van der Waals surface area contributed by atoms with Crippen molar-refractivity contribution in [3.63, 3.8) is 0 Å². The van der Waals surface area contributed by atoms with Crippen LogP contribution in [0.2, 0.25) is 0 Å². The minimum absolute atomic E-state index is 0.0588. The number of nitrogens with one attached hydrogen (secondary N) is 2. The molecule has 0 bridgehead atoms. The molecule has 0 fully saturated rings. The molecule has 1 unspecified atom stereocenters. The van der Waals surface area contributed by atoms with E-state index in [0.29, 0.717) is 19.4 Å². The van der Waals surface area contributed by atoms with Crippen LogP contribution >= 0.6 is 0 Å². The molecule has 1 atom stereocenters. The fourth-order valence-corrected chi connectivity index (χ4v) is 4.90. The van der Waals surface area contributed by atoms with Gasteiger partial charge in [-0.15, -0.1) is 0 Å². The lowest BCUT2D eigenvalue weighted by atomic mass is 9.85. The van der Waals surface area contributed by atoms with Crippen molar-refractivity contribution in [2.24, 2.45) is 0 Å². The van der Waals surface area contributed by atoms with Crippen molar-refractivity contribution in [2.45, 2.75) is 25.3 Å². The maximum Gasteiger partial charge on any atom is 0.212 e. The third kappa shape index (κ3) is 3.02. The van der Waals surface area contributed by atoms with Gasteiger partial charge >= 0.3 is 0 Å². The Morgan fingerprint density at radius 2 is 2.23 bits per heavy atom. The first-order valence-electron chi connectivity index (χ1n) is 8.43. The topological polar surface area (TPSA) is 102 Å². The zero-order valence-electron chi connectivity index (χ0n) is 14.7. The second kappa shape index (κ2) is 6.19. The van der Waals surface area contributed by atoms with Crippen LogP contribution in [0.15, 0.2) is 30.9 Å². The van der Waals surface area contributed by atoms with Crippen LogP contribution in [-0.4, -0.2) is 52.9 Å². The lowest BCUT2D eigenvalue weighted by Gasteiger charge is -2.37. The normalized spacial score (nSPS) is 20.5. The van der Waals surface area contributed by atoms with Gasteiger partial charge in [-0.05, 0) is 25.5 Å². The highest BCUT2D eigenvalue weighted by molar-refractivity contribution is 7.89. The van der Waals surface area contributed by atoms with Gasteiger partial charge in [0.15, 0.2) is 0 Å². The Hall–Kier alpha value is -2.23. The minimum atomic E-state index is -3.35. The molecule has 3 aromatic heterocycles. The number of pyridine rings is 1. The lowest BCUT2D eigenvalue weighted by Crippen LogP contribution is -2.50. The lowest BCUT2D eigenvalue weighted by molar-refractivity contribution is 0.199. The predicted octanol–water partition coefficient (Wildman–Crippen LogP) is 1.87. The number of fused-ring (bicyclic) bond motifs is 3. The number of aromatic amines is 1. The van der Waals surface area contributed by atoms with Crippen molar-refractivity contribution in [2.75, 3.05) is 19.5 Å². The minimum Gasteiger partial charge on any atom is -0.385 e. The SMILES string of the molecule is COCCCS(=O)(=O)NC1(C)C=C(n2cnc3cnc4[nH]ccc4c32)C1. The first-order valence-corrected chi connectivity index (χ1v) is 10.1. The molecule has 1 aliphatic rings. The maximum absolute atomic E-state index is 12.2. The second-order valence-corrected chi connectivity index (χ2v) is 8.69. The summed E-state index contributed by atoms with van der Waals surface area (Å²) in [7, 11) is -1.78. The van der Waals surface area contributed by atoms with E-state index in [2.05, 4.69) is 19.7 Å². The molecule has 0 saturated carbocycles. The van der Waals surface area contributed by atoms with E-state index in [0.717, 1.165) is 27.8 Å². The van der Waals surface area contributed by atoms with Gasteiger partial charge in [0.2, 0.25) is 10.0 Å². The van der Waals surface area contributed by atoms with Crippen molar-refractivity contribution < 1.29 is 13.2 Å². The summed E-state index contributed by atoms with van der Waals surface area (Å²) in [4.78, 5) is 11.9. The van der Waals surface area contributed by atoms with Crippen LogP contribution in [0.5, 0.6) is 0 Å². The number of nitrogens with zero attached hydrogens (tertiary/aromatic N) is 3. The van der Waals surface area contributed by atoms with Gasteiger partial charge in [0.05, 0.1) is 23.0 Å². The molecule has 0 aromatic carbocycles. The van der Waals surface area contributed by atoms with E-state index in [1.807, 2.05) is 29.8 Å². The highest BCUT2D eigenvalue weighted by Crippen LogP contribution is 2.37. The average molecular weight is 375 g/mol. The zero-order chi connectivity index (χ0) is 18.4. The smallest absolute Gasteiger partial charge is 0.212 e. The fourth-order valence-electron chi connectivity index (χ4n) is 3.46. The van der Waals surface area contributed by atoms with E-state index in [9.17, 15) is 8.42 Å². The molecular weight excluding hydrogens is 354 g/mol. The summed E-state index contributed by atoms with van der Waals surface area (Å²) in [6.07, 6.45) is 8.36. The number of hydrogen-bond donors (Lipinski definition) is 2. The molecule has 138 valence electrons. The summed E-state index contributed by atoms with van der Waals surface area (Å²) in [6.45, 7) is 2.32. The first kappa shape index (κ1) is 17.2. The summed E-state index contributed by atoms with van der Waals surface area (Å²) >= 11 is 0. The van der Waals surface area contributed by atoms with Crippen LogP contribution in [0.3, 0.4) is 0 Å². The van der Waals surface area contributed by atoms with Gasteiger partial charge in [-0.3, -0.25) is 0 Å². The number of ether oxygens (including phenoxy) is 1. The number of aromatic nitrogens is 4. The van der Waals surface area contributed by atoms with Crippen molar-refractivity contribution in [3.05, 3.63) is 30.9 Å².